The highest BCUT2D eigenvalue weighted by Crippen LogP contribution is 2.36. The van der Waals surface area contributed by atoms with Crippen LogP contribution in [-0.4, -0.2) is 31.9 Å². The first kappa shape index (κ1) is 18.5. The highest BCUT2D eigenvalue weighted by molar-refractivity contribution is 6.35. The van der Waals surface area contributed by atoms with E-state index < -0.39 is 0 Å². The second kappa shape index (κ2) is 8.10. The maximum atomic E-state index is 12.5. The van der Waals surface area contributed by atoms with E-state index >= 15 is 0 Å². The lowest BCUT2D eigenvalue weighted by Gasteiger charge is -2.17. The fourth-order valence-electron chi connectivity index (χ4n) is 4.20. The second-order valence-corrected chi connectivity index (χ2v) is 7.90. The fraction of sp³-hybridized carbons (Fsp3) is 0.304. The summed E-state index contributed by atoms with van der Waals surface area (Å²) in [4.78, 5) is 28.7. The predicted molar refractivity (Wildman–Crippen MR) is 118 cm³/mol. The molecule has 0 saturated heterocycles. The van der Waals surface area contributed by atoms with Gasteiger partial charge in [-0.05, 0) is 31.1 Å². The van der Waals surface area contributed by atoms with Crippen molar-refractivity contribution in [2.45, 2.75) is 44.6 Å². The third kappa shape index (κ3) is 3.83. The first-order valence-corrected chi connectivity index (χ1v) is 10.5. The summed E-state index contributed by atoms with van der Waals surface area (Å²) in [5.41, 5.74) is 4.77. The molecule has 0 bridgehead atoms. The van der Waals surface area contributed by atoms with E-state index in [1.54, 1.807) is 24.9 Å². The molecule has 30 heavy (non-hydrogen) atoms. The number of nitrogens with one attached hydrogen (secondary N) is 3. The van der Waals surface area contributed by atoms with E-state index in [1.807, 2.05) is 24.3 Å². The van der Waals surface area contributed by atoms with Crippen LogP contribution in [0.5, 0.6) is 0 Å². The van der Waals surface area contributed by atoms with Crippen LogP contribution in [-0.2, 0) is 4.79 Å². The maximum Gasteiger partial charge on any atom is 0.256 e. The van der Waals surface area contributed by atoms with Crippen molar-refractivity contribution in [2.24, 2.45) is 0 Å². The molecule has 7 heteroatoms. The van der Waals surface area contributed by atoms with Crippen LogP contribution < -0.4 is 10.6 Å². The number of rotatable bonds is 4. The number of carbonyl (C=O) groups is 1. The molecule has 1 aliphatic heterocycles. The number of hydrogen-bond acceptors (Lipinski definition) is 5. The lowest BCUT2D eigenvalue weighted by Crippen LogP contribution is -2.19. The molecule has 5 rings (SSSR count). The van der Waals surface area contributed by atoms with Gasteiger partial charge in [0.2, 0.25) is 0 Å². The van der Waals surface area contributed by atoms with Crippen LogP contribution in [0.4, 0.5) is 11.5 Å². The molecule has 2 aromatic heterocycles. The van der Waals surface area contributed by atoms with Crippen molar-refractivity contribution in [1.82, 2.24) is 19.9 Å². The molecule has 1 fully saturated rings. The molecule has 7 nitrogen and oxygen atoms in total. The van der Waals surface area contributed by atoms with E-state index in [4.69, 9.17) is 4.98 Å². The summed E-state index contributed by atoms with van der Waals surface area (Å²) in [5, 5.41) is 6.49. The molecule has 0 unspecified atom stereocenters. The van der Waals surface area contributed by atoms with E-state index in [-0.39, 0.29) is 5.91 Å². The van der Waals surface area contributed by atoms with Crippen molar-refractivity contribution in [3.8, 4) is 11.3 Å². The lowest BCUT2D eigenvalue weighted by molar-refractivity contribution is -0.110. The Kier molecular flexibility index (Phi) is 5.01. The van der Waals surface area contributed by atoms with Gasteiger partial charge in [-0.1, -0.05) is 31.7 Å². The number of hydrogen-bond donors (Lipinski definition) is 3. The molecular weight excluding hydrogens is 376 g/mol. The molecule has 0 atom stereocenters. The summed E-state index contributed by atoms with van der Waals surface area (Å²) < 4.78 is 0. The number of H-pyrrole nitrogens is 1. The van der Waals surface area contributed by atoms with Crippen molar-refractivity contribution >= 4 is 29.1 Å². The van der Waals surface area contributed by atoms with Crippen LogP contribution in [0.25, 0.3) is 22.9 Å². The minimum atomic E-state index is -0.119. The zero-order valence-corrected chi connectivity index (χ0v) is 16.7. The molecule has 1 amide bonds. The Bertz CT molecular complexity index is 1080. The average Bonchev–Trinajstić information content (AvgIpc) is 3.29. The van der Waals surface area contributed by atoms with Crippen LogP contribution in [0.15, 0.2) is 43.1 Å². The fourth-order valence-corrected chi connectivity index (χ4v) is 4.20. The Hall–Kier alpha value is -3.48. The van der Waals surface area contributed by atoms with Crippen molar-refractivity contribution in [2.75, 3.05) is 10.6 Å². The number of aromatic amines is 1. The molecule has 3 aromatic rings. The molecular formula is C23H24N6O. The van der Waals surface area contributed by atoms with Crippen molar-refractivity contribution in [1.29, 1.82) is 0 Å². The minimum Gasteiger partial charge on any atom is -0.366 e. The quantitative estimate of drug-likeness (QED) is 0.443. The zero-order valence-electron chi connectivity index (χ0n) is 16.7. The number of benzene rings is 1. The summed E-state index contributed by atoms with van der Waals surface area (Å²) in [6, 6.07) is 6.35. The van der Waals surface area contributed by atoms with Gasteiger partial charge in [-0.15, -0.1) is 0 Å². The van der Waals surface area contributed by atoms with Gasteiger partial charge in [0.05, 0.1) is 41.9 Å². The van der Waals surface area contributed by atoms with E-state index in [2.05, 4.69) is 25.6 Å². The van der Waals surface area contributed by atoms with Crippen molar-refractivity contribution < 1.29 is 4.79 Å². The largest absolute Gasteiger partial charge is 0.366 e. The first-order chi connectivity index (χ1) is 14.8. The molecule has 3 heterocycles. The number of aromatic nitrogens is 4. The van der Waals surface area contributed by atoms with Gasteiger partial charge in [0.15, 0.2) is 0 Å². The van der Waals surface area contributed by atoms with E-state index in [0.29, 0.717) is 11.6 Å². The molecule has 0 spiro atoms. The predicted octanol–water partition coefficient (Wildman–Crippen LogP) is 4.49. The number of imidazole rings is 1. The van der Waals surface area contributed by atoms with E-state index in [9.17, 15) is 4.79 Å². The molecule has 152 valence electrons. The number of anilines is 2. The molecule has 1 aliphatic carbocycles. The van der Waals surface area contributed by atoms with Crippen LogP contribution in [0.1, 0.15) is 49.8 Å². The van der Waals surface area contributed by atoms with Gasteiger partial charge in [-0.25, -0.2) is 9.97 Å². The minimum absolute atomic E-state index is 0.119. The second-order valence-electron chi connectivity index (χ2n) is 7.90. The summed E-state index contributed by atoms with van der Waals surface area (Å²) in [7, 11) is 0. The SMILES string of the molecule is O=C1Nc2ccc(-c3cncc(NC4CCCCCC4)n3)cc2/C1=C/c1cnc[nH]1. The lowest BCUT2D eigenvalue weighted by atomic mass is 10.0. The topological polar surface area (TPSA) is 95.6 Å². The Morgan fingerprint density at radius 1 is 1.03 bits per heavy atom. The third-order valence-corrected chi connectivity index (χ3v) is 5.76. The molecule has 0 radical (unpaired) electrons. The number of fused-ring (bicyclic) bond motifs is 1. The summed E-state index contributed by atoms with van der Waals surface area (Å²) in [5.74, 6) is 0.689. The van der Waals surface area contributed by atoms with Gasteiger partial charge >= 0.3 is 0 Å². The van der Waals surface area contributed by atoms with Gasteiger partial charge in [0.1, 0.15) is 5.82 Å². The van der Waals surface area contributed by atoms with Crippen LogP contribution in [0.3, 0.4) is 0 Å². The zero-order chi connectivity index (χ0) is 20.3. The van der Waals surface area contributed by atoms with E-state index in [0.717, 1.165) is 34.0 Å². The Morgan fingerprint density at radius 2 is 1.90 bits per heavy atom. The number of carbonyl (C=O) groups excluding carboxylic acids is 1. The first-order valence-electron chi connectivity index (χ1n) is 10.5. The number of nitrogens with zero attached hydrogens (tertiary/aromatic N) is 3. The molecule has 1 aromatic carbocycles. The summed E-state index contributed by atoms with van der Waals surface area (Å²) in [6.07, 6.45) is 16.2. The van der Waals surface area contributed by atoms with Gasteiger partial charge in [0.25, 0.3) is 5.91 Å². The molecule has 3 N–H and O–H groups in total. The van der Waals surface area contributed by atoms with Crippen LogP contribution >= 0.6 is 0 Å². The Morgan fingerprint density at radius 3 is 2.70 bits per heavy atom. The monoisotopic (exact) mass is 400 g/mol. The van der Waals surface area contributed by atoms with Gasteiger partial charge < -0.3 is 15.6 Å². The Balaban J connectivity index is 1.43. The smallest absolute Gasteiger partial charge is 0.256 e. The summed E-state index contributed by atoms with van der Waals surface area (Å²) >= 11 is 0. The highest BCUT2D eigenvalue weighted by Gasteiger charge is 2.25. The highest BCUT2D eigenvalue weighted by atomic mass is 16.2. The van der Waals surface area contributed by atoms with Gasteiger partial charge in [-0.3, -0.25) is 9.78 Å². The number of amides is 1. The maximum absolute atomic E-state index is 12.5. The van der Waals surface area contributed by atoms with Crippen molar-refractivity contribution in [3.05, 3.63) is 54.4 Å². The molecule has 1 saturated carbocycles. The van der Waals surface area contributed by atoms with Crippen LogP contribution in [0.2, 0.25) is 0 Å². The normalized spacial score (nSPS) is 18.1. The summed E-state index contributed by atoms with van der Waals surface area (Å²) in [6.45, 7) is 0. The van der Waals surface area contributed by atoms with E-state index in [1.165, 1.54) is 38.5 Å². The Labute approximate surface area is 175 Å². The van der Waals surface area contributed by atoms with Crippen molar-refractivity contribution in [3.63, 3.8) is 0 Å². The van der Waals surface area contributed by atoms with Gasteiger partial charge in [-0.2, -0.15) is 0 Å². The molecule has 2 aliphatic rings. The van der Waals surface area contributed by atoms with Crippen LogP contribution in [0, 0.1) is 0 Å². The third-order valence-electron chi connectivity index (χ3n) is 5.76. The average molecular weight is 400 g/mol. The van der Waals surface area contributed by atoms with Gasteiger partial charge in [0, 0.05) is 22.9 Å². The standard InChI is InChI=1S/C23H24N6O/c30-23-19(10-17-11-25-14-26-17)18-9-15(7-8-20(18)29-23)21-12-24-13-22(28-21)27-16-5-3-1-2-4-6-16/h7-14,16H,1-6H2,(H,25,26)(H,27,28)(H,29,30)/b19-10-.